The molecule has 0 spiro atoms. The van der Waals surface area contributed by atoms with Crippen LogP contribution in [0.4, 0.5) is 5.69 Å². The molecule has 23 heavy (non-hydrogen) atoms. The number of para-hydroxylation sites is 1. The van der Waals surface area contributed by atoms with Crippen LogP contribution in [0.15, 0.2) is 48.8 Å². The van der Waals surface area contributed by atoms with Crippen LogP contribution in [0.25, 0.3) is 0 Å². The van der Waals surface area contributed by atoms with E-state index in [0.29, 0.717) is 6.54 Å². The number of carbonyl (C=O) groups excluding carboxylic acids is 1. The third-order valence-electron chi connectivity index (χ3n) is 4.31. The molecule has 1 saturated heterocycles. The predicted octanol–water partition coefficient (Wildman–Crippen LogP) is 2.50. The van der Waals surface area contributed by atoms with Crippen molar-refractivity contribution in [2.75, 3.05) is 31.6 Å². The predicted molar refractivity (Wildman–Crippen MR) is 89.6 cm³/mol. The van der Waals surface area contributed by atoms with Crippen molar-refractivity contribution in [2.45, 2.75) is 13.0 Å². The summed E-state index contributed by atoms with van der Waals surface area (Å²) >= 11 is 0. The zero-order valence-corrected chi connectivity index (χ0v) is 13.5. The number of aromatic nitrogens is 1. The van der Waals surface area contributed by atoms with Crippen molar-refractivity contribution in [3.63, 3.8) is 0 Å². The molecule has 120 valence electrons. The Labute approximate surface area is 136 Å². The average Bonchev–Trinajstić information content (AvgIpc) is 2.61. The molecule has 5 nitrogen and oxygen atoms in total. The molecule has 1 aromatic carbocycles. The van der Waals surface area contributed by atoms with Crippen LogP contribution in [-0.4, -0.2) is 42.5 Å². The lowest BCUT2D eigenvalue weighted by atomic mass is 10.0. The lowest BCUT2D eigenvalue weighted by molar-refractivity contribution is -0.131. The number of carbonyl (C=O) groups is 1. The molecule has 1 amide bonds. The molecule has 0 radical (unpaired) electrons. The van der Waals surface area contributed by atoms with Gasteiger partial charge in [-0.25, -0.2) is 0 Å². The second kappa shape index (κ2) is 6.69. The van der Waals surface area contributed by atoms with Crippen LogP contribution in [0.5, 0.6) is 5.75 Å². The van der Waals surface area contributed by atoms with Crippen LogP contribution in [0.2, 0.25) is 0 Å². The minimum absolute atomic E-state index is 0.0226. The first kappa shape index (κ1) is 15.3. The molecular weight excluding hydrogens is 290 g/mol. The molecule has 3 rings (SSSR count). The third-order valence-corrected chi connectivity index (χ3v) is 4.31. The van der Waals surface area contributed by atoms with Gasteiger partial charge in [-0.05, 0) is 18.2 Å². The van der Waals surface area contributed by atoms with E-state index in [2.05, 4.69) is 9.88 Å². The van der Waals surface area contributed by atoms with Gasteiger partial charge in [-0.3, -0.25) is 9.78 Å². The summed E-state index contributed by atoms with van der Waals surface area (Å²) < 4.78 is 5.50. The fourth-order valence-corrected chi connectivity index (χ4v) is 3.16. The van der Waals surface area contributed by atoms with Crippen molar-refractivity contribution in [1.82, 2.24) is 9.88 Å². The number of methoxy groups -OCH3 is 1. The van der Waals surface area contributed by atoms with Crippen LogP contribution in [0.1, 0.15) is 18.5 Å². The Bertz CT molecular complexity index is 675. The van der Waals surface area contributed by atoms with Crippen LogP contribution in [0.3, 0.4) is 0 Å². The van der Waals surface area contributed by atoms with Crippen LogP contribution < -0.4 is 9.64 Å². The van der Waals surface area contributed by atoms with Gasteiger partial charge in [-0.1, -0.05) is 18.2 Å². The molecule has 2 aromatic rings. The van der Waals surface area contributed by atoms with Crippen molar-refractivity contribution in [3.8, 4) is 5.75 Å². The zero-order valence-electron chi connectivity index (χ0n) is 13.5. The van der Waals surface area contributed by atoms with Crippen molar-refractivity contribution in [3.05, 3.63) is 54.4 Å². The van der Waals surface area contributed by atoms with Gasteiger partial charge < -0.3 is 14.5 Å². The van der Waals surface area contributed by atoms with Gasteiger partial charge in [-0.2, -0.15) is 0 Å². The van der Waals surface area contributed by atoms with E-state index >= 15 is 0 Å². The fourth-order valence-electron chi connectivity index (χ4n) is 3.16. The summed E-state index contributed by atoms with van der Waals surface area (Å²) in [5, 5.41) is 0. The Balaban J connectivity index is 1.94. The Kier molecular flexibility index (Phi) is 4.46. The van der Waals surface area contributed by atoms with E-state index in [0.717, 1.165) is 30.1 Å². The second-order valence-corrected chi connectivity index (χ2v) is 5.62. The largest absolute Gasteiger partial charge is 0.496 e. The monoisotopic (exact) mass is 311 g/mol. The maximum Gasteiger partial charge on any atom is 0.220 e. The summed E-state index contributed by atoms with van der Waals surface area (Å²) in [6.45, 7) is 3.88. The third kappa shape index (κ3) is 3.13. The molecule has 2 heterocycles. The minimum Gasteiger partial charge on any atom is -0.496 e. The standard InChI is InChI=1S/C18H21N3O2/c1-14(22)21-12-11-20(15-7-9-19-10-8-15)13-17(21)16-5-3-4-6-18(16)23-2/h3-10,17H,11-13H2,1-2H3/t17-/m1/s1. The molecule has 0 unspecified atom stereocenters. The van der Waals surface area contributed by atoms with Gasteiger partial charge in [0, 0.05) is 50.2 Å². The van der Waals surface area contributed by atoms with E-state index in [1.54, 1.807) is 26.4 Å². The SMILES string of the molecule is COc1ccccc1[C@H]1CN(c2ccncc2)CCN1C(C)=O. The number of amides is 1. The van der Waals surface area contributed by atoms with E-state index in [-0.39, 0.29) is 11.9 Å². The van der Waals surface area contributed by atoms with Crippen LogP contribution in [0, 0.1) is 0 Å². The molecule has 1 aliphatic heterocycles. The van der Waals surface area contributed by atoms with Gasteiger partial charge in [0.1, 0.15) is 5.75 Å². The van der Waals surface area contributed by atoms with Gasteiger partial charge in [0.05, 0.1) is 13.2 Å². The number of rotatable bonds is 3. The number of nitrogens with zero attached hydrogens (tertiary/aromatic N) is 3. The Morgan fingerprint density at radius 2 is 1.91 bits per heavy atom. The number of anilines is 1. The summed E-state index contributed by atoms with van der Waals surface area (Å²) in [6.07, 6.45) is 3.59. The van der Waals surface area contributed by atoms with E-state index in [4.69, 9.17) is 4.74 Å². The molecular formula is C18H21N3O2. The molecule has 0 saturated carbocycles. The average molecular weight is 311 g/mol. The molecule has 1 fully saturated rings. The first-order valence-corrected chi connectivity index (χ1v) is 7.76. The second-order valence-electron chi connectivity index (χ2n) is 5.62. The molecule has 5 heteroatoms. The number of benzene rings is 1. The molecule has 1 atom stereocenters. The Morgan fingerprint density at radius 3 is 2.61 bits per heavy atom. The molecule has 0 bridgehead atoms. The quantitative estimate of drug-likeness (QED) is 0.874. The highest BCUT2D eigenvalue weighted by molar-refractivity contribution is 5.74. The summed E-state index contributed by atoms with van der Waals surface area (Å²) in [5.74, 6) is 0.913. The van der Waals surface area contributed by atoms with Gasteiger partial charge >= 0.3 is 0 Å². The fraction of sp³-hybridized carbons (Fsp3) is 0.333. The highest BCUT2D eigenvalue weighted by Crippen LogP contribution is 2.33. The number of piperazine rings is 1. The van der Waals surface area contributed by atoms with E-state index in [1.807, 2.05) is 41.3 Å². The van der Waals surface area contributed by atoms with Crippen molar-refractivity contribution < 1.29 is 9.53 Å². The van der Waals surface area contributed by atoms with Crippen molar-refractivity contribution in [1.29, 1.82) is 0 Å². The van der Waals surface area contributed by atoms with Gasteiger partial charge in [-0.15, -0.1) is 0 Å². The maximum absolute atomic E-state index is 12.1. The number of pyridine rings is 1. The summed E-state index contributed by atoms with van der Waals surface area (Å²) in [7, 11) is 1.67. The van der Waals surface area contributed by atoms with E-state index in [1.165, 1.54) is 0 Å². The van der Waals surface area contributed by atoms with E-state index < -0.39 is 0 Å². The first-order valence-electron chi connectivity index (χ1n) is 7.76. The maximum atomic E-state index is 12.1. The molecule has 0 N–H and O–H groups in total. The lowest BCUT2D eigenvalue weighted by Gasteiger charge is -2.42. The highest BCUT2D eigenvalue weighted by Gasteiger charge is 2.31. The Morgan fingerprint density at radius 1 is 1.17 bits per heavy atom. The molecule has 1 aliphatic rings. The minimum atomic E-state index is -0.0226. The van der Waals surface area contributed by atoms with Crippen molar-refractivity contribution in [2.24, 2.45) is 0 Å². The van der Waals surface area contributed by atoms with Gasteiger partial charge in [0.15, 0.2) is 0 Å². The van der Waals surface area contributed by atoms with E-state index in [9.17, 15) is 4.79 Å². The summed E-state index contributed by atoms with van der Waals surface area (Å²) in [5.41, 5.74) is 2.17. The van der Waals surface area contributed by atoms with Crippen LogP contribution >= 0.6 is 0 Å². The Hall–Kier alpha value is -2.56. The van der Waals surface area contributed by atoms with Gasteiger partial charge in [0.2, 0.25) is 5.91 Å². The highest BCUT2D eigenvalue weighted by atomic mass is 16.5. The number of hydrogen-bond acceptors (Lipinski definition) is 4. The summed E-state index contributed by atoms with van der Waals surface area (Å²) in [6, 6.07) is 11.9. The first-order chi connectivity index (χ1) is 11.2. The number of hydrogen-bond donors (Lipinski definition) is 0. The van der Waals surface area contributed by atoms with Crippen LogP contribution in [-0.2, 0) is 4.79 Å². The smallest absolute Gasteiger partial charge is 0.220 e. The zero-order chi connectivity index (χ0) is 16.2. The molecule has 0 aliphatic carbocycles. The molecule has 1 aromatic heterocycles. The van der Waals surface area contributed by atoms with Crippen molar-refractivity contribution >= 4 is 11.6 Å². The normalized spacial score (nSPS) is 17.9. The lowest BCUT2D eigenvalue weighted by Crippen LogP contribution is -2.50. The number of ether oxygens (including phenoxy) is 1. The van der Waals surface area contributed by atoms with Gasteiger partial charge in [0.25, 0.3) is 0 Å². The topological polar surface area (TPSA) is 45.7 Å². The summed E-state index contributed by atoms with van der Waals surface area (Å²) in [4.78, 5) is 20.4.